The van der Waals surface area contributed by atoms with Gasteiger partial charge in [0.25, 0.3) is 0 Å². The number of benzene rings is 1. The summed E-state index contributed by atoms with van der Waals surface area (Å²) in [5.74, 6) is 0.703. The third-order valence-corrected chi connectivity index (χ3v) is 3.38. The highest BCUT2D eigenvalue weighted by molar-refractivity contribution is 6.30. The monoisotopic (exact) mass is 239 g/mol. The molecular weight excluding hydrogens is 218 g/mol. The molecule has 0 saturated carbocycles. The van der Waals surface area contributed by atoms with E-state index in [4.69, 9.17) is 11.6 Å². The number of nitrogens with one attached hydrogen (secondary N) is 1. The maximum atomic E-state index is 5.99. The zero-order chi connectivity index (χ0) is 12.0. The van der Waals surface area contributed by atoms with E-state index in [1.807, 2.05) is 19.2 Å². The molecular formula is C14H22ClN. The maximum Gasteiger partial charge on any atom is 0.0408 e. The number of likely N-dealkylation sites (N-methyl/N-ethyl adjacent to an activating group) is 1. The first-order valence-electron chi connectivity index (χ1n) is 6.09. The molecule has 0 heterocycles. The van der Waals surface area contributed by atoms with Gasteiger partial charge in [-0.25, -0.2) is 0 Å². The van der Waals surface area contributed by atoms with Crippen molar-refractivity contribution in [3.05, 3.63) is 34.9 Å². The molecule has 0 radical (unpaired) electrons. The van der Waals surface area contributed by atoms with Crippen LogP contribution in [-0.4, -0.2) is 13.1 Å². The Hall–Kier alpha value is -0.530. The van der Waals surface area contributed by atoms with Crippen molar-refractivity contribution in [2.45, 2.75) is 39.2 Å². The van der Waals surface area contributed by atoms with Crippen LogP contribution in [0.5, 0.6) is 0 Å². The summed E-state index contributed by atoms with van der Waals surface area (Å²) in [5.41, 5.74) is 1.31. The van der Waals surface area contributed by atoms with E-state index in [1.165, 1.54) is 18.4 Å². The second kappa shape index (κ2) is 6.93. The van der Waals surface area contributed by atoms with Crippen molar-refractivity contribution in [2.24, 2.45) is 5.92 Å². The lowest BCUT2D eigenvalue weighted by atomic mass is 9.92. The second-order valence-corrected chi connectivity index (χ2v) is 4.93. The summed E-state index contributed by atoms with van der Waals surface area (Å²) in [5, 5.41) is 4.24. The Kier molecular flexibility index (Phi) is 5.86. The highest BCUT2D eigenvalue weighted by atomic mass is 35.5. The first kappa shape index (κ1) is 13.5. The number of hydrogen-bond acceptors (Lipinski definition) is 1. The highest BCUT2D eigenvalue weighted by Gasteiger charge is 2.14. The molecule has 2 atom stereocenters. The van der Waals surface area contributed by atoms with E-state index in [9.17, 15) is 0 Å². The predicted octanol–water partition coefficient (Wildman–Crippen LogP) is 3.91. The van der Waals surface area contributed by atoms with Crippen LogP contribution in [0.4, 0.5) is 0 Å². The number of rotatable bonds is 6. The van der Waals surface area contributed by atoms with E-state index in [2.05, 4.69) is 31.3 Å². The van der Waals surface area contributed by atoms with Crippen LogP contribution < -0.4 is 5.32 Å². The Balaban J connectivity index is 2.62. The van der Waals surface area contributed by atoms with Gasteiger partial charge in [-0.05, 0) is 43.5 Å². The average molecular weight is 240 g/mol. The minimum atomic E-state index is 0.540. The van der Waals surface area contributed by atoms with Crippen LogP contribution >= 0.6 is 11.6 Å². The van der Waals surface area contributed by atoms with Crippen LogP contribution in [0.1, 0.15) is 32.3 Å². The molecule has 0 aromatic heterocycles. The summed E-state index contributed by atoms with van der Waals surface area (Å²) in [6, 6.07) is 8.70. The molecule has 1 aromatic carbocycles. The Bertz CT molecular complexity index is 311. The van der Waals surface area contributed by atoms with Gasteiger partial charge < -0.3 is 5.32 Å². The Labute approximate surface area is 104 Å². The third kappa shape index (κ3) is 4.15. The minimum Gasteiger partial charge on any atom is -0.316 e. The van der Waals surface area contributed by atoms with Crippen molar-refractivity contribution >= 4 is 11.6 Å². The number of hydrogen-bond donors (Lipinski definition) is 1. The molecule has 1 N–H and O–H groups in total. The van der Waals surface area contributed by atoms with Gasteiger partial charge in [-0.3, -0.25) is 0 Å². The van der Waals surface area contributed by atoms with Crippen LogP contribution in [0.25, 0.3) is 0 Å². The molecule has 0 aliphatic carbocycles. The lowest BCUT2D eigenvalue weighted by molar-refractivity contribution is 0.371. The quantitative estimate of drug-likeness (QED) is 0.794. The van der Waals surface area contributed by atoms with Gasteiger partial charge in [0.05, 0.1) is 0 Å². The first-order chi connectivity index (χ1) is 7.67. The van der Waals surface area contributed by atoms with Gasteiger partial charge in [0, 0.05) is 11.1 Å². The summed E-state index contributed by atoms with van der Waals surface area (Å²) in [4.78, 5) is 0. The van der Waals surface area contributed by atoms with Crippen LogP contribution in [0.2, 0.25) is 5.02 Å². The zero-order valence-electron chi connectivity index (χ0n) is 10.5. The lowest BCUT2D eigenvalue weighted by Gasteiger charge is -2.23. The van der Waals surface area contributed by atoms with Crippen LogP contribution in [-0.2, 0) is 6.42 Å². The zero-order valence-corrected chi connectivity index (χ0v) is 11.2. The van der Waals surface area contributed by atoms with E-state index >= 15 is 0 Å². The smallest absolute Gasteiger partial charge is 0.0408 e. The lowest BCUT2D eigenvalue weighted by Crippen LogP contribution is -2.34. The van der Waals surface area contributed by atoms with Crippen molar-refractivity contribution in [3.8, 4) is 0 Å². The van der Waals surface area contributed by atoms with Crippen molar-refractivity contribution in [1.29, 1.82) is 0 Å². The van der Waals surface area contributed by atoms with Crippen LogP contribution in [0.3, 0.4) is 0 Å². The number of halogens is 1. The normalized spacial score (nSPS) is 14.8. The van der Waals surface area contributed by atoms with Crippen LogP contribution in [0, 0.1) is 5.92 Å². The molecule has 1 nitrogen and oxygen atoms in total. The fraction of sp³-hybridized carbons (Fsp3) is 0.571. The van der Waals surface area contributed by atoms with Crippen molar-refractivity contribution in [1.82, 2.24) is 5.32 Å². The van der Waals surface area contributed by atoms with E-state index in [-0.39, 0.29) is 0 Å². The molecule has 0 bridgehead atoms. The summed E-state index contributed by atoms with van der Waals surface area (Å²) < 4.78 is 0. The predicted molar refractivity (Wildman–Crippen MR) is 72.1 cm³/mol. The fourth-order valence-electron chi connectivity index (χ4n) is 2.16. The molecule has 0 spiro atoms. The summed E-state index contributed by atoms with van der Waals surface area (Å²) >= 11 is 5.99. The largest absolute Gasteiger partial charge is 0.316 e. The van der Waals surface area contributed by atoms with Gasteiger partial charge >= 0.3 is 0 Å². The SMILES string of the molecule is CCCC(C)C(Cc1cccc(Cl)c1)NC. The standard InChI is InChI=1S/C14H22ClN/c1-4-6-11(2)14(16-3)10-12-7-5-8-13(15)9-12/h5,7-9,11,14,16H,4,6,10H2,1-3H3. The molecule has 0 saturated heterocycles. The second-order valence-electron chi connectivity index (χ2n) is 4.50. The van der Waals surface area contributed by atoms with E-state index in [1.54, 1.807) is 0 Å². The summed E-state index contributed by atoms with van der Waals surface area (Å²) in [6.07, 6.45) is 3.57. The van der Waals surface area contributed by atoms with Crippen LogP contribution in [0.15, 0.2) is 24.3 Å². The average Bonchev–Trinajstić information content (AvgIpc) is 2.26. The van der Waals surface area contributed by atoms with E-state index < -0.39 is 0 Å². The topological polar surface area (TPSA) is 12.0 Å². The summed E-state index contributed by atoms with van der Waals surface area (Å²) in [7, 11) is 2.04. The van der Waals surface area contributed by atoms with Gasteiger partial charge in [-0.15, -0.1) is 0 Å². The Morgan fingerprint density at radius 3 is 2.69 bits per heavy atom. The maximum absolute atomic E-state index is 5.99. The summed E-state index contributed by atoms with van der Waals surface area (Å²) in [6.45, 7) is 4.55. The molecule has 1 aromatic rings. The molecule has 0 aliphatic rings. The van der Waals surface area contributed by atoms with E-state index in [0.29, 0.717) is 12.0 Å². The van der Waals surface area contributed by atoms with Crippen molar-refractivity contribution < 1.29 is 0 Å². The molecule has 16 heavy (non-hydrogen) atoms. The third-order valence-electron chi connectivity index (χ3n) is 3.15. The van der Waals surface area contributed by atoms with Gasteiger partial charge in [0.2, 0.25) is 0 Å². The van der Waals surface area contributed by atoms with Crippen molar-refractivity contribution in [3.63, 3.8) is 0 Å². The fourth-order valence-corrected chi connectivity index (χ4v) is 2.38. The molecule has 2 heteroatoms. The van der Waals surface area contributed by atoms with Gasteiger partial charge in [0.15, 0.2) is 0 Å². The van der Waals surface area contributed by atoms with E-state index in [0.717, 1.165) is 11.4 Å². The Morgan fingerprint density at radius 1 is 1.38 bits per heavy atom. The molecule has 2 unspecified atom stereocenters. The molecule has 0 aliphatic heterocycles. The molecule has 1 rings (SSSR count). The van der Waals surface area contributed by atoms with Gasteiger partial charge in [0.1, 0.15) is 0 Å². The van der Waals surface area contributed by atoms with Gasteiger partial charge in [-0.2, -0.15) is 0 Å². The highest BCUT2D eigenvalue weighted by Crippen LogP contribution is 2.17. The molecule has 90 valence electrons. The Morgan fingerprint density at radius 2 is 2.12 bits per heavy atom. The van der Waals surface area contributed by atoms with Gasteiger partial charge in [-0.1, -0.05) is 44.0 Å². The minimum absolute atomic E-state index is 0.540. The van der Waals surface area contributed by atoms with Crippen molar-refractivity contribution in [2.75, 3.05) is 7.05 Å². The first-order valence-corrected chi connectivity index (χ1v) is 6.46. The molecule has 0 amide bonds. The molecule has 0 fully saturated rings.